The lowest BCUT2D eigenvalue weighted by Crippen LogP contribution is -2.80. The Morgan fingerprint density at radius 3 is 2.85 bits per heavy atom. The van der Waals surface area contributed by atoms with Crippen molar-refractivity contribution in [1.29, 1.82) is 5.26 Å². The molecule has 2 heterocycles. The molecule has 5 atom stereocenters. The minimum Gasteiger partial charge on any atom is -0.504 e. The summed E-state index contributed by atoms with van der Waals surface area (Å²) in [5.41, 5.74) is 5.74. The summed E-state index contributed by atoms with van der Waals surface area (Å²) in [4.78, 5) is 2.48. The molecule has 2 saturated carbocycles. The summed E-state index contributed by atoms with van der Waals surface area (Å²) in [6.07, 6.45) is 4.32. The molecule has 6 heteroatoms. The second-order valence-electron chi connectivity index (χ2n) is 9.40. The van der Waals surface area contributed by atoms with Gasteiger partial charge in [0, 0.05) is 18.2 Å². The number of ether oxygens (including phenoxy) is 1. The average Bonchev–Trinajstić information content (AvgIpc) is 3.39. The molecule has 6 rings (SSSR count). The molecule has 0 aromatic heterocycles. The van der Waals surface area contributed by atoms with E-state index in [4.69, 9.17) is 10.5 Å². The van der Waals surface area contributed by atoms with E-state index in [0.717, 1.165) is 36.6 Å². The van der Waals surface area contributed by atoms with Crippen LogP contribution in [0.25, 0.3) is 0 Å². The van der Waals surface area contributed by atoms with Crippen molar-refractivity contribution in [3.8, 4) is 17.6 Å². The molecule has 4 N–H and O–H groups in total. The molecule has 0 radical (unpaired) electrons. The lowest BCUT2D eigenvalue weighted by molar-refractivity contribution is -0.196. The van der Waals surface area contributed by atoms with Crippen molar-refractivity contribution in [3.05, 3.63) is 23.3 Å². The first kappa shape index (κ1) is 16.2. The number of benzene rings is 1. The molecule has 5 aliphatic rings. The van der Waals surface area contributed by atoms with E-state index in [1.807, 2.05) is 6.07 Å². The normalized spacial score (nSPS) is 44.3. The maximum absolute atomic E-state index is 12.2. The van der Waals surface area contributed by atoms with Gasteiger partial charge in [-0.25, -0.2) is 0 Å². The predicted molar refractivity (Wildman–Crippen MR) is 97.3 cm³/mol. The van der Waals surface area contributed by atoms with E-state index < -0.39 is 22.7 Å². The third-order valence-corrected chi connectivity index (χ3v) is 8.11. The molecule has 1 unspecified atom stereocenters. The van der Waals surface area contributed by atoms with Gasteiger partial charge < -0.3 is 20.7 Å². The van der Waals surface area contributed by atoms with Gasteiger partial charge in [0.25, 0.3) is 0 Å². The fourth-order valence-electron chi connectivity index (χ4n) is 6.67. The van der Waals surface area contributed by atoms with Gasteiger partial charge >= 0.3 is 0 Å². The lowest BCUT2D eigenvalue weighted by Gasteiger charge is -2.65. The molecule has 3 aliphatic carbocycles. The van der Waals surface area contributed by atoms with E-state index >= 15 is 0 Å². The quantitative estimate of drug-likeness (QED) is 0.725. The number of nitrogens with zero attached hydrogens (tertiary/aromatic N) is 2. The molecule has 0 amide bonds. The molecule has 1 saturated heterocycles. The molecule has 1 aromatic rings. The molecule has 6 nitrogen and oxygen atoms in total. The number of phenolic OH excluding ortho intramolecular Hbond substituents is 1. The molecular weight excluding hydrogens is 342 g/mol. The van der Waals surface area contributed by atoms with Crippen LogP contribution in [0.5, 0.6) is 11.5 Å². The van der Waals surface area contributed by atoms with Gasteiger partial charge in [0.2, 0.25) is 0 Å². The van der Waals surface area contributed by atoms with Crippen molar-refractivity contribution in [1.82, 2.24) is 4.90 Å². The van der Waals surface area contributed by atoms with Gasteiger partial charge in [-0.1, -0.05) is 6.07 Å². The van der Waals surface area contributed by atoms with Crippen molar-refractivity contribution < 1.29 is 14.9 Å². The fourth-order valence-corrected chi connectivity index (χ4v) is 6.67. The van der Waals surface area contributed by atoms with Crippen LogP contribution in [-0.2, 0) is 11.8 Å². The first-order valence-electron chi connectivity index (χ1n) is 10.1. The Kier molecular flexibility index (Phi) is 2.86. The Bertz CT molecular complexity index is 893. The Balaban J connectivity index is 1.59. The number of hydrogen-bond acceptors (Lipinski definition) is 6. The second kappa shape index (κ2) is 4.78. The summed E-state index contributed by atoms with van der Waals surface area (Å²) < 4.78 is 6.23. The fraction of sp³-hybridized carbons (Fsp3) is 0.667. The van der Waals surface area contributed by atoms with Gasteiger partial charge in [0.1, 0.15) is 11.6 Å². The monoisotopic (exact) mass is 367 g/mol. The van der Waals surface area contributed by atoms with Crippen molar-refractivity contribution >= 4 is 0 Å². The number of aromatic hydroxyl groups is 1. The smallest absolute Gasteiger partial charge is 0.165 e. The van der Waals surface area contributed by atoms with Crippen molar-refractivity contribution in [2.45, 2.75) is 67.2 Å². The number of aliphatic hydroxyl groups is 1. The molecular formula is C21H25N3O3. The second-order valence-corrected chi connectivity index (χ2v) is 9.40. The highest BCUT2D eigenvalue weighted by atomic mass is 16.5. The lowest BCUT2D eigenvalue weighted by atomic mass is 9.46. The number of likely N-dealkylation sites (tertiary alicyclic amines) is 1. The Hall–Kier alpha value is -1.81. The highest BCUT2D eigenvalue weighted by Crippen LogP contribution is 2.66. The zero-order valence-corrected chi connectivity index (χ0v) is 15.3. The molecule has 3 fully saturated rings. The van der Waals surface area contributed by atoms with Crippen LogP contribution >= 0.6 is 0 Å². The molecule has 2 bridgehead atoms. The molecule has 142 valence electrons. The van der Waals surface area contributed by atoms with Crippen LogP contribution in [0.1, 0.15) is 43.2 Å². The zero-order valence-electron chi connectivity index (χ0n) is 15.3. The third-order valence-electron chi connectivity index (χ3n) is 8.11. The molecule has 1 aromatic carbocycles. The Morgan fingerprint density at radius 2 is 2.11 bits per heavy atom. The number of phenols is 1. The summed E-state index contributed by atoms with van der Waals surface area (Å²) >= 11 is 0. The van der Waals surface area contributed by atoms with E-state index in [2.05, 4.69) is 11.0 Å². The summed E-state index contributed by atoms with van der Waals surface area (Å²) in [7, 11) is 0. The largest absolute Gasteiger partial charge is 0.504 e. The van der Waals surface area contributed by atoms with Crippen molar-refractivity contribution in [2.75, 3.05) is 13.1 Å². The maximum atomic E-state index is 12.2. The number of hydrogen-bond donors (Lipinski definition) is 3. The van der Waals surface area contributed by atoms with Crippen LogP contribution in [0.2, 0.25) is 0 Å². The number of nitriles is 1. The first-order chi connectivity index (χ1) is 12.9. The summed E-state index contributed by atoms with van der Waals surface area (Å²) in [5, 5.41) is 32.5. The number of piperidine rings is 1. The highest BCUT2D eigenvalue weighted by molar-refractivity contribution is 5.63. The van der Waals surface area contributed by atoms with Gasteiger partial charge in [-0.3, -0.25) is 4.90 Å². The van der Waals surface area contributed by atoms with E-state index in [-0.39, 0.29) is 11.8 Å². The zero-order chi connectivity index (χ0) is 18.6. The topological polar surface area (TPSA) is 103 Å². The summed E-state index contributed by atoms with van der Waals surface area (Å²) in [6, 6.07) is 5.95. The van der Waals surface area contributed by atoms with Crippen LogP contribution in [0, 0.1) is 17.2 Å². The van der Waals surface area contributed by atoms with Crippen molar-refractivity contribution in [3.63, 3.8) is 0 Å². The highest BCUT2D eigenvalue weighted by Gasteiger charge is 2.75. The van der Waals surface area contributed by atoms with Crippen LogP contribution in [0.4, 0.5) is 0 Å². The minimum absolute atomic E-state index is 0.0178. The van der Waals surface area contributed by atoms with Crippen LogP contribution in [0.3, 0.4) is 0 Å². The predicted octanol–water partition coefficient (Wildman–Crippen LogP) is 1.18. The van der Waals surface area contributed by atoms with E-state index in [1.165, 1.54) is 12.8 Å². The van der Waals surface area contributed by atoms with Crippen LogP contribution < -0.4 is 10.5 Å². The summed E-state index contributed by atoms with van der Waals surface area (Å²) in [6.45, 7) is 1.92. The van der Waals surface area contributed by atoms with Crippen LogP contribution in [0.15, 0.2) is 12.1 Å². The van der Waals surface area contributed by atoms with Gasteiger partial charge in [0.05, 0.1) is 17.1 Å². The van der Waals surface area contributed by atoms with E-state index in [9.17, 15) is 15.5 Å². The number of rotatable bonds is 2. The van der Waals surface area contributed by atoms with Gasteiger partial charge in [0.15, 0.2) is 11.5 Å². The van der Waals surface area contributed by atoms with E-state index in [0.29, 0.717) is 25.0 Å². The molecule has 1 spiro atoms. The van der Waals surface area contributed by atoms with Gasteiger partial charge in [-0.05, 0) is 62.6 Å². The van der Waals surface area contributed by atoms with Gasteiger partial charge in [-0.15, -0.1) is 0 Å². The third kappa shape index (κ3) is 1.72. The SMILES string of the molecule is N#C[C@]1(N)CC[C@@]2(O)C3Cc4ccc(O)c5c4[C@@]2(CCN3CC2CC2)[C@H]1O5. The van der Waals surface area contributed by atoms with E-state index in [1.54, 1.807) is 6.07 Å². The Labute approximate surface area is 158 Å². The first-order valence-corrected chi connectivity index (χ1v) is 10.1. The van der Waals surface area contributed by atoms with Crippen LogP contribution in [-0.4, -0.2) is 51.5 Å². The average molecular weight is 367 g/mol. The molecule has 2 aliphatic heterocycles. The summed E-state index contributed by atoms with van der Waals surface area (Å²) in [5.74, 6) is 1.28. The standard InChI is InChI=1S/C21H25N3O3/c22-11-19(23)5-6-21(26)15-9-13-3-4-14(25)17-16(13)20(21,18(19)27-17)7-8-24(15)10-12-1-2-12/h3-4,12,15,18,25-26H,1-2,5-10,23H2/t15?,18-,19+,20-,21+/m0/s1. The van der Waals surface area contributed by atoms with Crippen molar-refractivity contribution in [2.24, 2.45) is 11.7 Å². The maximum Gasteiger partial charge on any atom is 0.165 e. The van der Waals surface area contributed by atoms with Gasteiger partial charge in [-0.2, -0.15) is 5.26 Å². The minimum atomic E-state index is -1.16. The number of nitrogens with two attached hydrogens (primary N) is 1. The Morgan fingerprint density at radius 1 is 1.30 bits per heavy atom. The molecule has 27 heavy (non-hydrogen) atoms.